The van der Waals surface area contributed by atoms with Crippen LogP contribution in [-0.4, -0.2) is 5.16 Å². The molecule has 0 saturated carbocycles. The van der Waals surface area contributed by atoms with Crippen molar-refractivity contribution in [2.24, 2.45) is 0 Å². The smallest absolute Gasteiger partial charge is 0.166 e. The van der Waals surface area contributed by atoms with E-state index in [1.165, 1.54) is 0 Å². The van der Waals surface area contributed by atoms with Gasteiger partial charge in [0, 0.05) is 5.22 Å². The lowest BCUT2D eigenvalue weighted by molar-refractivity contribution is 0.394. The molecule has 1 aromatic rings. The molecular formula is C10H15NO. The Labute approximate surface area is 72.9 Å². The lowest BCUT2D eigenvalue weighted by Crippen LogP contribution is -2.18. The summed E-state index contributed by atoms with van der Waals surface area (Å²) in [6.45, 7) is 7.61. The van der Waals surface area contributed by atoms with E-state index in [1.807, 2.05) is 26.0 Å². The van der Waals surface area contributed by atoms with Crippen LogP contribution in [0.4, 0.5) is 0 Å². The van der Waals surface area contributed by atoms with E-state index < -0.39 is 0 Å². The van der Waals surface area contributed by atoms with Gasteiger partial charge in [-0.1, -0.05) is 30.8 Å². The average Bonchev–Trinajstić information content (AvgIpc) is 2.34. The lowest BCUT2D eigenvalue weighted by atomic mass is 10.3. The van der Waals surface area contributed by atoms with Gasteiger partial charge in [0.05, 0.1) is 6.20 Å². The maximum absolute atomic E-state index is 4.97. The molecule has 0 saturated heterocycles. The normalized spacial score (nSPS) is 12.8. The maximum Gasteiger partial charge on any atom is 0.166 e. The molecule has 0 aliphatic heterocycles. The Morgan fingerprint density at radius 1 is 1.67 bits per heavy atom. The first kappa shape index (κ1) is 10.7. The van der Waals surface area contributed by atoms with Gasteiger partial charge in [-0.15, -0.1) is 0 Å². The first-order chi connectivity index (χ1) is 5.24. The number of nitrogens with zero attached hydrogens (tertiary/aromatic N) is 1. The number of allylic oxidation sites excluding steroid dienone is 1. The molecule has 0 aliphatic rings. The molecule has 0 radical (unpaired) electrons. The van der Waals surface area contributed by atoms with E-state index in [4.69, 9.17) is 4.52 Å². The van der Waals surface area contributed by atoms with Gasteiger partial charge in [-0.2, -0.15) is 0 Å². The zero-order chi connectivity index (χ0) is 8.27. The van der Waals surface area contributed by atoms with Crippen LogP contribution in [0.3, 0.4) is 0 Å². The second-order valence-corrected chi connectivity index (χ2v) is 2.42. The molecule has 0 spiro atoms. The molecule has 2 heteroatoms. The van der Waals surface area contributed by atoms with Crippen molar-refractivity contribution in [1.82, 2.24) is 5.16 Å². The van der Waals surface area contributed by atoms with E-state index >= 15 is 0 Å². The topological polar surface area (TPSA) is 26.0 Å². The fraction of sp³-hybridized carbons (Fsp3) is 0.300. The van der Waals surface area contributed by atoms with Gasteiger partial charge in [-0.3, -0.25) is 0 Å². The third-order valence-corrected chi connectivity index (χ3v) is 1.32. The summed E-state index contributed by atoms with van der Waals surface area (Å²) in [6.07, 6.45) is 5.50. The van der Waals surface area contributed by atoms with Gasteiger partial charge >= 0.3 is 0 Å². The quantitative estimate of drug-likeness (QED) is 0.629. The summed E-state index contributed by atoms with van der Waals surface area (Å²) in [6, 6.07) is 0. The van der Waals surface area contributed by atoms with Crippen LogP contribution >= 0.6 is 0 Å². The lowest BCUT2D eigenvalue weighted by Gasteiger charge is -1.79. The second kappa shape index (κ2) is 4.54. The molecular weight excluding hydrogens is 150 g/mol. The fourth-order valence-corrected chi connectivity index (χ4v) is 0.807. The van der Waals surface area contributed by atoms with Crippen molar-refractivity contribution < 1.29 is 4.52 Å². The summed E-state index contributed by atoms with van der Waals surface area (Å²) in [5.74, 6) is 0. The minimum Gasteiger partial charge on any atom is -0.356 e. The highest BCUT2D eigenvalue weighted by atomic mass is 16.5. The molecule has 0 fully saturated rings. The molecule has 0 atom stereocenters. The number of rotatable bonds is 1. The Morgan fingerprint density at radius 2 is 2.33 bits per heavy atom. The van der Waals surface area contributed by atoms with Gasteiger partial charge in [0.2, 0.25) is 0 Å². The van der Waals surface area contributed by atoms with Gasteiger partial charge in [0.25, 0.3) is 0 Å². The fourth-order valence-electron chi connectivity index (χ4n) is 0.807. The first-order valence-corrected chi connectivity index (χ1v) is 3.48. The maximum atomic E-state index is 4.97. The van der Waals surface area contributed by atoms with Gasteiger partial charge in [0.15, 0.2) is 5.42 Å². The second-order valence-electron chi connectivity index (χ2n) is 2.42. The SMILES string of the molecule is C.C=C(C)/C=c1/onc/c1=C/C. The molecule has 0 unspecified atom stereocenters. The van der Waals surface area contributed by atoms with Crippen LogP contribution in [0.25, 0.3) is 12.2 Å². The Morgan fingerprint density at radius 3 is 2.83 bits per heavy atom. The molecule has 1 rings (SSSR count). The Bertz CT molecular complexity index is 359. The number of aromatic nitrogens is 1. The molecule has 12 heavy (non-hydrogen) atoms. The highest BCUT2D eigenvalue weighted by molar-refractivity contribution is 5.41. The third kappa shape index (κ3) is 2.38. The van der Waals surface area contributed by atoms with Crippen LogP contribution in [-0.2, 0) is 0 Å². The van der Waals surface area contributed by atoms with Crippen LogP contribution in [0.1, 0.15) is 21.3 Å². The molecule has 0 amide bonds. The summed E-state index contributed by atoms with van der Waals surface area (Å²) < 4.78 is 4.97. The van der Waals surface area contributed by atoms with Crippen LogP contribution < -0.4 is 10.6 Å². The minimum atomic E-state index is 0. The van der Waals surface area contributed by atoms with E-state index in [9.17, 15) is 0 Å². The van der Waals surface area contributed by atoms with Crippen molar-refractivity contribution in [3.63, 3.8) is 0 Å². The molecule has 2 nitrogen and oxygen atoms in total. The molecule has 0 bridgehead atoms. The van der Waals surface area contributed by atoms with E-state index in [0.717, 1.165) is 16.2 Å². The van der Waals surface area contributed by atoms with E-state index in [-0.39, 0.29) is 7.43 Å². The average molecular weight is 165 g/mol. The highest BCUT2D eigenvalue weighted by Crippen LogP contribution is 1.84. The largest absolute Gasteiger partial charge is 0.356 e. The van der Waals surface area contributed by atoms with Gasteiger partial charge in [0.1, 0.15) is 0 Å². The van der Waals surface area contributed by atoms with Crippen LogP contribution in [0, 0.1) is 0 Å². The minimum absolute atomic E-state index is 0. The number of hydrogen-bond donors (Lipinski definition) is 0. The zero-order valence-corrected chi connectivity index (χ0v) is 6.79. The van der Waals surface area contributed by atoms with Crippen LogP contribution in [0.2, 0.25) is 0 Å². The standard InChI is InChI=1S/C9H11NO.CH4/c1-4-8-6-10-11-9(8)5-7(2)3;/h4-6H,2H2,1,3H3;1H4/b8-4-,9-5+;. The van der Waals surface area contributed by atoms with Gasteiger partial charge in [-0.05, 0) is 19.9 Å². The molecule has 66 valence electrons. The van der Waals surface area contributed by atoms with Gasteiger partial charge < -0.3 is 4.52 Å². The monoisotopic (exact) mass is 165 g/mol. The van der Waals surface area contributed by atoms with Crippen molar-refractivity contribution in [3.8, 4) is 0 Å². The molecule has 1 heterocycles. The van der Waals surface area contributed by atoms with E-state index in [1.54, 1.807) is 6.20 Å². The molecule has 0 aliphatic carbocycles. The Balaban J connectivity index is 0.00000121. The summed E-state index contributed by atoms with van der Waals surface area (Å²) in [5.41, 5.74) is 1.74. The van der Waals surface area contributed by atoms with E-state index in [2.05, 4.69) is 11.7 Å². The zero-order valence-electron chi connectivity index (χ0n) is 6.79. The summed E-state index contributed by atoms with van der Waals surface area (Å²) in [5, 5.41) is 4.67. The first-order valence-electron chi connectivity index (χ1n) is 3.48. The Kier molecular flexibility index (Phi) is 4.05. The summed E-state index contributed by atoms with van der Waals surface area (Å²) >= 11 is 0. The van der Waals surface area contributed by atoms with Crippen molar-refractivity contribution in [3.05, 3.63) is 29.0 Å². The predicted octanol–water partition coefficient (Wildman–Crippen LogP) is 1.47. The van der Waals surface area contributed by atoms with Gasteiger partial charge in [-0.25, -0.2) is 0 Å². The third-order valence-electron chi connectivity index (χ3n) is 1.32. The van der Waals surface area contributed by atoms with Crippen molar-refractivity contribution in [2.75, 3.05) is 0 Å². The Hall–Kier alpha value is -1.31. The summed E-state index contributed by atoms with van der Waals surface area (Å²) in [7, 11) is 0. The highest BCUT2D eigenvalue weighted by Gasteiger charge is 1.87. The summed E-state index contributed by atoms with van der Waals surface area (Å²) in [4.78, 5) is 0. The molecule has 1 aromatic heterocycles. The van der Waals surface area contributed by atoms with Crippen molar-refractivity contribution in [2.45, 2.75) is 21.3 Å². The molecule has 0 N–H and O–H groups in total. The number of hydrogen-bond acceptors (Lipinski definition) is 2. The van der Waals surface area contributed by atoms with Crippen molar-refractivity contribution in [1.29, 1.82) is 0 Å². The van der Waals surface area contributed by atoms with Crippen LogP contribution in [0.15, 0.2) is 22.9 Å². The molecule has 0 aromatic carbocycles. The predicted molar refractivity (Wildman–Crippen MR) is 51.9 cm³/mol. The van der Waals surface area contributed by atoms with Crippen molar-refractivity contribution >= 4 is 12.2 Å². The van der Waals surface area contributed by atoms with E-state index in [0.29, 0.717) is 0 Å². The van der Waals surface area contributed by atoms with Crippen LogP contribution in [0.5, 0.6) is 0 Å².